The van der Waals surface area contributed by atoms with E-state index in [0.717, 1.165) is 22.2 Å². The lowest BCUT2D eigenvalue weighted by Crippen LogP contribution is -2.16. The van der Waals surface area contributed by atoms with Gasteiger partial charge in [-0.1, -0.05) is 39.0 Å². The average Bonchev–Trinajstić information content (AvgIpc) is 2.98. The molecule has 1 heterocycles. The average molecular weight is 323 g/mol. The summed E-state index contributed by atoms with van der Waals surface area (Å²) in [5, 5.41) is 0.982. The lowest BCUT2D eigenvalue weighted by molar-refractivity contribution is 0.0726. The van der Waals surface area contributed by atoms with E-state index in [0.29, 0.717) is 11.4 Å². The molecule has 0 aliphatic carbocycles. The summed E-state index contributed by atoms with van der Waals surface area (Å²) in [4.78, 5) is 15.6. The second-order valence-corrected chi connectivity index (χ2v) is 6.77. The van der Waals surface area contributed by atoms with Gasteiger partial charge in [0.1, 0.15) is 17.2 Å². The molecule has 124 valence electrons. The van der Waals surface area contributed by atoms with Gasteiger partial charge in [0.15, 0.2) is 0 Å². The fourth-order valence-electron chi connectivity index (χ4n) is 2.65. The van der Waals surface area contributed by atoms with E-state index in [2.05, 4.69) is 25.8 Å². The predicted molar refractivity (Wildman–Crippen MR) is 95.0 cm³/mol. The Morgan fingerprint density at radius 3 is 2.46 bits per heavy atom. The van der Waals surface area contributed by atoms with Gasteiger partial charge in [-0.25, -0.2) is 4.79 Å². The number of carbonyl (C=O) groups is 1. The fourth-order valence-corrected chi connectivity index (χ4v) is 2.65. The normalized spacial score (nSPS) is 11.5. The molecule has 2 aromatic carbocycles. The number of rotatable bonds is 3. The minimum absolute atomic E-state index is 0.176. The molecular formula is C20H21NO3. The second-order valence-electron chi connectivity index (χ2n) is 6.77. The van der Waals surface area contributed by atoms with Gasteiger partial charge in [0.05, 0.1) is 7.11 Å². The number of aromatic amines is 1. The molecule has 0 spiro atoms. The molecule has 4 nitrogen and oxygen atoms in total. The van der Waals surface area contributed by atoms with Crippen molar-refractivity contribution >= 4 is 16.9 Å². The van der Waals surface area contributed by atoms with E-state index >= 15 is 0 Å². The van der Waals surface area contributed by atoms with Gasteiger partial charge in [-0.2, -0.15) is 0 Å². The number of esters is 1. The Bertz CT molecular complexity index is 854. The molecule has 0 radical (unpaired) electrons. The highest BCUT2D eigenvalue weighted by molar-refractivity contribution is 5.95. The SMILES string of the molecule is COc1ccc(OC(=O)c2cc3ccccc3[nH]2)c(C(C)(C)C)c1. The molecule has 0 saturated carbocycles. The Balaban J connectivity index is 1.94. The van der Waals surface area contributed by atoms with Crippen LogP contribution < -0.4 is 9.47 Å². The lowest BCUT2D eigenvalue weighted by Gasteiger charge is -2.22. The van der Waals surface area contributed by atoms with Gasteiger partial charge in [0, 0.05) is 16.5 Å². The molecule has 0 saturated heterocycles. The highest BCUT2D eigenvalue weighted by atomic mass is 16.5. The van der Waals surface area contributed by atoms with E-state index < -0.39 is 5.97 Å². The maximum Gasteiger partial charge on any atom is 0.360 e. The molecule has 0 atom stereocenters. The van der Waals surface area contributed by atoms with Crippen LogP contribution in [0.4, 0.5) is 0 Å². The van der Waals surface area contributed by atoms with Gasteiger partial charge in [0.2, 0.25) is 0 Å². The largest absolute Gasteiger partial charge is 0.497 e. The topological polar surface area (TPSA) is 51.3 Å². The first-order chi connectivity index (χ1) is 11.4. The van der Waals surface area contributed by atoms with Crippen molar-refractivity contribution in [2.45, 2.75) is 26.2 Å². The van der Waals surface area contributed by atoms with Crippen molar-refractivity contribution in [2.75, 3.05) is 7.11 Å². The molecule has 0 aliphatic heterocycles. The van der Waals surface area contributed by atoms with Crippen molar-refractivity contribution in [1.29, 1.82) is 0 Å². The highest BCUT2D eigenvalue weighted by Crippen LogP contribution is 2.34. The van der Waals surface area contributed by atoms with Crippen molar-refractivity contribution in [1.82, 2.24) is 4.98 Å². The predicted octanol–water partition coefficient (Wildman–Crippen LogP) is 4.69. The molecule has 0 unspecified atom stereocenters. The molecule has 24 heavy (non-hydrogen) atoms. The zero-order valence-electron chi connectivity index (χ0n) is 14.3. The third-order valence-electron chi connectivity index (χ3n) is 3.95. The van der Waals surface area contributed by atoms with Gasteiger partial charge >= 0.3 is 5.97 Å². The Morgan fingerprint density at radius 2 is 1.79 bits per heavy atom. The van der Waals surface area contributed by atoms with Crippen LogP contribution in [0.25, 0.3) is 10.9 Å². The summed E-state index contributed by atoms with van der Waals surface area (Å²) in [5.74, 6) is 0.888. The molecule has 1 aromatic heterocycles. The number of hydrogen-bond acceptors (Lipinski definition) is 3. The first-order valence-corrected chi connectivity index (χ1v) is 7.87. The number of carbonyl (C=O) groups excluding carboxylic acids is 1. The van der Waals surface area contributed by atoms with Crippen molar-refractivity contribution in [3.8, 4) is 11.5 Å². The van der Waals surface area contributed by atoms with Crippen LogP contribution in [0.3, 0.4) is 0 Å². The van der Waals surface area contributed by atoms with Crippen LogP contribution in [0.1, 0.15) is 36.8 Å². The number of aromatic nitrogens is 1. The summed E-state index contributed by atoms with van der Waals surface area (Å²) in [5.41, 5.74) is 2.10. The second kappa shape index (κ2) is 6.04. The highest BCUT2D eigenvalue weighted by Gasteiger charge is 2.22. The molecule has 3 aromatic rings. The van der Waals surface area contributed by atoms with E-state index in [1.54, 1.807) is 25.3 Å². The number of methoxy groups -OCH3 is 1. The van der Waals surface area contributed by atoms with Crippen molar-refractivity contribution in [2.24, 2.45) is 0 Å². The Labute approximate surface area is 141 Å². The molecule has 0 aliphatic rings. The van der Waals surface area contributed by atoms with E-state index in [9.17, 15) is 4.79 Å². The van der Waals surface area contributed by atoms with Crippen LogP contribution in [0.5, 0.6) is 11.5 Å². The number of nitrogens with one attached hydrogen (secondary N) is 1. The fraction of sp³-hybridized carbons (Fsp3) is 0.250. The standard InChI is InChI=1S/C20H21NO3/c1-20(2,3)15-12-14(23-4)9-10-18(15)24-19(22)17-11-13-7-5-6-8-16(13)21-17/h5-12,21H,1-4H3. The van der Waals surface area contributed by atoms with Crippen LogP contribution in [-0.2, 0) is 5.41 Å². The first-order valence-electron chi connectivity index (χ1n) is 7.87. The summed E-state index contributed by atoms with van der Waals surface area (Å²) in [6.07, 6.45) is 0. The monoisotopic (exact) mass is 323 g/mol. The Hall–Kier alpha value is -2.75. The molecule has 4 heteroatoms. The number of ether oxygens (including phenoxy) is 2. The quantitative estimate of drug-likeness (QED) is 0.562. The Kier molecular flexibility index (Phi) is 4.06. The zero-order valence-corrected chi connectivity index (χ0v) is 14.3. The van der Waals surface area contributed by atoms with E-state index in [1.807, 2.05) is 30.3 Å². The number of benzene rings is 2. The van der Waals surface area contributed by atoms with E-state index in [1.165, 1.54) is 0 Å². The molecule has 0 fully saturated rings. The molecule has 0 bridgehead atoms. The minimum Gasteiger partial charge on any atom is -0.497 e. The molecule has 1 N–H and O–H groups in total. The summed E-state index contributed by atoms with van der Waals surface area (Å²) < 4.78 is 10.9. The third-order valence-corrected chi connectivity index (χ3v) is 3.95. The number of para-hydroxylation sites is 1. The van der Waals surface area contributed by atoms with Gasteiger partial charge in [-0.05, 0) is 35.7 Å². The summed E-state index contributed by atoms with van der Waals surface area (Å²) in [6, 6.07) is 15.0. The molecular weight excluding hydrogens is 302 g/mol. The number of H-pyrrole nitrogens is 1. The summed E-state index contributed by atoms with van der Waals surface area (Å²) in [6.45, 7) is 6.21. The minimum atomic E-state index is -0.401. The van der Waals surface area contributed by atoms with Crippen molar-refractivity contribution in [3.05, 3.63) is 59.8 Å². The van der Waals surface area contributed by atoms with Crippen LogP contribution in [0.15, 0.2) is 48.5 Å². The van der Waals surface area contributed by atoms with Crippen molar-refractivity contribution in [3.63, 3.8) is 0 Å². The molecule has 0 amide bonds. The van der Waals surface area contributed by atoms with E-state index in [4.69, 9.17) is 9.47 Å². The number of hydrogen-bond donors (Lipinski definition) is 1. The van der Waals surface area contributed by atoms with Crippen LogP contribution in [-0.4, -0.2) is 18.1 Å². The van der Waals surface area contributed by atoms with Crippen LogP contribution in [0.2, 0.25) is 0 Å². The maximum absolute atomic E-state index is 12.5. The summed E-state index contributed by atoms with van der Waals surface area (Å²) in [7, 11) is 1.62. The lowest BCUT2D eigenvalue weighted by atomic mass is 9.86. The maximum atomic E-state index is 12.5. The van der Waals surface area contributed by atoms with Gasteiger partial charge in [0.25, 0.3) is 0 Å². The van der Waals surface area contributed by atoms with Crippen LogP contribution >= 0.6 is 0 Å². The van der Waals surface area contributed by atoms with Gasteiger partial charge in [-0.3, -0.25) is 0 Å². The molecule has 3 rings (SSSR count). The summed E-state index contributed by atoms with van der Waals surface area (Å²) >= 11 is 0. The van der Waals surface area contributed by atoms with Crippen LogP contribution in [0, 0.1) is 0 Å². The first kappa shape index (κ1) is 16.1. The smallest absolute Gasteiger partial charge is 0.360 e. The Morgan fingerprint density at radius 1 is 1.04 bits per heavy atom. The van der Waals surface area contributed by atoms with Crippen molar-refractivity contribution < 1.29 is 14.3 Å². The van der Waals surface area contributed by atoms with E-state index in [-0.39, 0.29) is 5.41 Å². The zero-order chi connectivity index (χ0) is 17.3. The number of fused-ring (bicyclic) bond motifs is 1. The third kappa shape index (κ3) is 3.13. The van der Waals surface area contributed by atoms with Gasteiger partial charge < -0.3 is 14.5 Å². The van der Waals surface area contributed by atoms with Gasteiger partial charge in [-0.15, -0.1) is 0 Å².